The Kier molecular flexibility index (Phi) is 8.60. The average Bonchev–Trinajstić information content (AvgIpc) is 3.26. The van der Waals surface area contributed by atoms with Crippen LogP contribution in [0.1, 0.15) is 37.4 Å². The minimum absolute atomic E-state index is 0.0680. The molecule has 1 saturated heterocycles. The maximum Gasteiger partial charge on any atom is 0.224 e. The van der Waals surface area contributed by atoms with Gasteiger partial charge in [0.05, 0.1) is 18.1 Å². The van der Waals surface area contributed by atoms with E-state index in [0.29, 0.717) is 18.9 Å². The molecule has 1 aromatic heterocycles. The number of hydrogen-bond acceptors (Lipinski definition) is 6. The smallest absolute Gasteiger partial charge is 0.224 e. The lowest BCUT2D eigenvalue weighted by atomic mass is 9.96. The van der Waals surface area contributed by atoms with Crippen molar-refractivity contribution in [1.82, 2.24) is 14.5 Å². The summed E-state index contributed by atoms with van der Waals surface area (Å²) in [5.41, 5.74) is 8.39. The second-order valence-electron chi connectivity index (χ2n) is 9.09. The third kappa shape index (κ3) is 6.32. The van der Waals surface area contributed by atoms with E-state index in [-0.39, 0.29) is 30.9 Å². The molecule has 0 bridgehead atoms. The molecular weight excluding hydrogens is 444 g/mol. The number of methoxy groups -OCH3 is 2. The number of aryl methyl sites for hydroxylation is 1. The van der Waals surface area contributed by atoms with Gasteiger partial charge in [0, 0.05) is 57.8 Å². The maximum absolute atomic E-state index is 13.1. The van der Waals surface area contributed by atoms with Crippen molar-refractivity contribution in [3.63, 3.8) is 0 Å². The zero-order valence-corrected chi connectivity index (χ0v) is 20.7. The molecule has 2 atom stereocenters. The number of carbonyl (C=O) groups excluding carboxylic acids is 1. The lowest BCUT2D eigenvalue weighted by Gasteiger charge is -2.33. The minimum atomic E-state index is -0.382. The first kappa shape index (κ1) is 25.0. The SMILES string of the molecule is COCCCn1c(C2CCCN(C(=O)CC(N)COc3cccc(OC)c3)C2)nc2ccccc21. The van der Waals surface area contributed by atoms with Crippen molar-refractivity contribution in [2.75, 3.05) is 40.5 Å². The van der Waals surface area contributed by atoms with Gasteiger partial charge >= 0.3 is 0 Å². The van der Waals surface area contributed by atoms with Crippen LogP contribution in [0.5, 0.6) is 11.5 Å². The fourth-order valence-corrected chi connectivity index (χ4v) is 4.73. The summed E-state index contributed by atoms with van der Waals surface area (Å²) < 4.78 is 18.6. The number of nitrogens with two attached hydrogens (primary N) is 1. The first-order valence-corrected chi connectivity index (χ1v) is 12.3. The lowest BCUT2D eigenvalue weighted by Crippen LogP contribution is -2.43. The molecular formula is C27H36N4O4. The van der Waals surface area contributed by atoms with E-state index in [1.807, 2.05) is 41.3 Å². The number of amides is 1. The Labute approximate surface area is 207 Å². The van der Waals surface area contributed by atoms with E-state index in [2.05, 4.69) is 16.7 Å². The van der Waals surface area contributed by atoms with Crippen LogP contribution >= 0.6 is 0 Å². The van der Waals surface area contributed by atoms with Crippen molar-refractivity contribution >= 4 is 16.9 Å². The third-order valence-electron chi connectivity index (χ3n) is 6.50. The van der Waals surface area contributed by atoms with Gasteiger partial charge in [-0.3, -0.25) is 4.79 Å². The van der Waals surface area contributed by atoms with E-state index < -0.39 is 0 Å². The number of rotatable bonds is 11. The van der Waals surface area contributed by atoms with E-state index in [1.165, 1.54) is 0 Å². The second kappa shape index (κ2) is 12.0. The average molecular weight is 481 g/mol. The number of ether oxygens (including phenoxy) is 3. The number of aromatic nitrogens is 2. The van der Waals surface area contributed by atoms with Crippen LogP contribution in [0.25, 0.3) is 11.0 Å². The van der Waals surface area contributed by atoms with Crippen molar-refractivity contribution in [3.8, 4) is 11.5 Å². The molecule has 1 aliphatic rings. The predicted octanol–water partition coefficient (Wildman–Crippen LogP) is 3.58. The summed E-state index contributed by atoms with van der Waals surface area (Å²) in [5, 5.41) is 0. The number of nitrogens with zero attached hydrogens (tertiary/aromatic N) is 3. The zero-order valence-electron chi connectivity index (χ0n) is 20.7. The van der Waals surface area contributed by atoms with Gasteiger partial charge in [-0.25, -0.2) is 4.98 Å². The van der Waals surface area contributed by atoms with Crippen molar-refractivity contribution in [2.45, 2.75) is 44.2 Å². The Morgan fingerprint density at radius 3 is 2.83 bits per heavy atom. The first-order valence-electron chi connectivity index (χ1n) is 12.3. The minimum Gasteiger partial charge on any atom is -0.497 e. The van der Waals surface area contributed by atoms with E-state index in [1.54, 1.807) is 14.2 Å². The number of imidazole rings is 1. The zero-order chi connectivity index (χ0) is 24.6. The summed E-state index contributed by atoms with van der Waals surface area (Å²) in [6.45, 7) is 3.24. The van der Waals surface area contributed by atoms with Crippen LogP contribution < -0.4 is 15.2 Å². The van der Waals surface area contributed by atoms with Crippen LogP contribution in [-0.4, -0.2) is 66.9 Å². The molecule has 1 fully saturated rings. The standard InChI is InChI=1S/C27H36N4O4/c1-33-15-7-14-31-25-12-4-3-11-24(25)29-27(31)20-8-6-13-30(18-20)26(32)16-21(28)19-35-23-10-5-9-22(17-23)34-2/h3-5,9-12,17,20-21H,6-8,13-16,18-19,28H2,1-2H3. The van der Waals surface area contributed by atoms with Gasteiger partial charge in [0.25, 0.3) is 0 Å². The molecule has 1 aliphatic heterocycles. The number of hydrogen-bond donors (Lipinski definition) is 1. The predicted molar refractivity (Wildman–Crippen MR) is 136 cm³/mol. The number of carbonyl (C=O) groups is 1. The Hall–Kier alpha value is -3.10. The monoisotopic (exact) mass is 480 g/mol. The second-order valence-corrected chi connectivity index (χ2v) is 9.09. The highest BCUT2D eigenvalue weighted by atomic mass is 16.5. The Morgan fingerprint density at radius 2 is 2.00 bits per heavy atom. The molecule has 35 heavy (non-hydrogen) atoms. The summed E-state index contributed by atoms with van der Waals surface area (Å²) in [6, 6.07) is 15.2. The number of benzene rings is 2. The summed E-state index contributed by atoms with van der Waals surface area (Å²) in [7, 11) is 3.34. The van der Waals surface area contributed by atoms with Gasteiger partial charge in [-0.1, -0.05) is 18.2 Å². The molecule has 1 amide bonds. The molecule has 2 N–H and O–H groups in total. The normalized spacial score (nSPS) is 16.9. The van der Waals surface area contributed by atoms with Gasteiger partial charge in [0.15, 0.2) is 0 Å². The largest absolute Gasteiger partial charge is 0.497 e. The van der Waals surface area contributed by atoms with Crippen molar-refractivity contribution in [2.24, 2.45) is 5.73 Å². The fraction of sp³-hybridized carbons (Fsp3) is 0.481. The van der Waals surface area contributed by atoms with Crippen molar-refractivity contribution in [3.05, 3.63) is 54.4 Å². The topological polar surface area (TPSA) is 91.8 Å². The van der Waals surface area contributed by atoms with Gasteiger partial charge in [-0.15, -0.1) is 0 Å². The number of fused-ring (bicyclic) bond motifs is 1. The molecule has 4 rings (SSSR count). The molecule has 0 spiro atoms. The van der Waals surface area contributed by atoms with Crippen molar-refractivity contribution < 1.29 is 19.0 Å². The molecule has 188 valence electrons. The van der Waals surface area contributed by atoms with Crippen LogP contribution in [-0.2, 0) is 16.1 Å². The maximum atomic E-state index is 13.1. The van der Waals surface area contributed by atoms with E-state index in [0.717, 1.165) is 55.0 Å². The summed E-state index contributed by atoms with van der Waals surface area (Å²) >= 11 is 0. The van der Waals surface area contributed by atoms with Crippen molar-refractivity contribution in [1.29, 1.82) is 0 Å². The van der Waals surface area contributed by atoms with Crippen LogP contribution in [0.3, 0.4) is 0 Å². The molecule has 0 radical (unpaired) electrons. The number of piperidine rings is 1. The Bertz CT molecular complexity index is 1120. The quantitative estimate of drug-likeness (QED) is 0.422. The summed E-state index contributed by atoms with van der Waals surface area (Å²) in [5.74, 6) is 2.73. The molecule has 0 saturated carbocycles. The van der Waals surface area contributed by atoms with Gasteiger partial charge in [-0.05, 0) is 43.5 Å². The van der Waals surface area contributed by atoms with E-state index >= 15 is 0 Å². The first-order chi connectivity index (χ1) is 17.1. The summed E-state index contributed by atoms with van der Waals surface area (Å²) in [4.78, 5) is 20.0. The molecule has 8 heteroatoms. The third-order valence-corrected chi connectivity index (χ3v) is 6.50. The molecule has 2 unspecified atom stereocenters. The highest BCUT2D eigenvalue weighted by Gasteiger charge is 2.29. The van der Waals surface area contributed by atoms with Gasteiger partial charge < -0.3 is 29.4 Å². The highest BCUT2D eigenvalue weighted by molar-refractivity contribution is 5.77. The van der Waals surface area contributed by atoms with Crippen LogP contribution in [0.4, 0.5) is 0 Å². The molecule has 2 heterocycles. The van der Waals surface area contributed by atoms with Gasteiger partial charge in [0.1, 0.15) is 23.9 Å². The van der Waals surface area contributed by atoms with Crippen LogP contribution in [0.15, 0.2) is 48.5 Å². The van der Waals surface area contributed by atoms with Crippen LogP contribution in [0, 0.1) is 0 Å². The lowest BCUT2D eigenvalue weighted by molar-refractivity contribution is -0.133. The molecule has 0 aliphatic carbocycles. The van der Waals surface area contributed by atoms with E-state index in [4.69, 9.17) is 24.9 Å². The highest BCUT2D eigenvalue weighted by Crippen LogP contribution is 2.30. The molecule has 3 aromatic rings. The summed E-state index contributed by atoms with van der Waals surface area (Å²) in [6.07, 6.45) is 3.14. The Balaban J connectivity index is 1.38. The Morgan fingerprint density at radius 1 is 1.17 bits per heavy atom. The number of likely N-dealkylation sites (tertiary alicyclic amines) is 1. The fourth-order valence-electron chi connectivity index (χ4n) is 4.73. The molecule has 2 aromatic carbocycles. The molecule has 8 nitrogen and oxygen atoms in total. The van der Waals surface area contributed by atoms with E-state index in [9.17, 15) is 4.79 Å². The number of para-hydroxylation sites is 2. The van der Waals surface area contributed by atoms with Crippen LogP contribution in [0.2, 0.25) is 0 Å². The van der Waals surface area contributed by atoms with Gasteiger partial charge in [0.2, 0.25) is 5.91 Å². The van der Waals surface area contributed by atoms with Gasteiger partial charge in [-0.2, -0.15) is 0 Å².